The Bertz CT molecular complexity index is 1470. The number of methoxy groups -OCH3 is 2. The minimum atomic E-state index is 0.349. The van der Waals surface area contributed by atoms with E-state index in [1.165, 1.54) is 6.33 Å². The summed E-state index contributed by atoms with van der Waals surface area (Å²) in [6.07, 6.45) is 1.43. The Kier molecular flexibility index (Phi) is 5.58. The Morgan fingerprint density at radius 2 is 1.70 bits per heavy atom. The molecule has 3 heterocycles. The topological polar surface area (TPSA) is 83.2 Å². The maximum atomic E-state index is 6.40. The Morgan fingerprint density at radius 3 is 2.42 bits per heavy atom. The number of fused-ring (bicyclic) bond motifs is 1. The van der Waals surface area contributed by atoms with Gasteiger partial charge in [-0.25, -0.2) is 15.0 Å². The molecule has 0 spiro atoms. The SMILES string of the molecule is COc1ccc(-c2c(-c3cccs3)nc3ncnc(N)c3c2-c2cccc(Cl)c2)cc1OC. The van der Waals surface area contributed by atoms with Crippen LogP contribution in [-0.4, -0.2) is 29.2 Å². The van der Waals surface area contributed by atoms with Crippen LogP contribution in [0, 0.1) is 0 Å². The van der Waals surface area contributed by atoms with Crippen molar-refractivity contribution in [2.45, 2.75) is 0 Å². The lowest BCUT2D eigenvalue weighted by molar-refractivity contribution is 0.355. The molecule has 164 valence electrons. The highest BCUT2D eigenvalue weighted by Gasteiger charge is 2.23. The molecule has 0 saturated heterocycles. The summed E-state index contributed by atoms with van der Waals surface area (Å²) in [5.74, 6) is 1.60. The van der Waals surface area contributed by atoms with Gasteiger partial charge in [-0.05, 0) is 46.8 Å². The lowest BCUT2D eigenvalue weighted by Gasteiger charge is -2.19. The summed E-state index contributed by atoms with van der Waals surface area (Å²) in [5, 5.41) is 3.31. The zero-order valence-corrected chi connectivity index (χ0v) is 19.4. The third kappa shape index (κ3) is 3.75. The fraction of sp³-hybridized carbons (Fsp3) is 0.0800. The van der Waals surface area contributed by atoms with Gasteiger partial charge in [-0.3, -0.25) is 0 Å². The smallest absolute Gasteiger partial charge is 0.165 e. The predicted molar refractivity (Wildman–Crippen MR) is 134 cm³/mol. The molecule has 0 amide bonds. The fourth-order valence-corrected chi connectivity index (χ4v) is 4.83. The number of nitrogen functional groups attached to an aromatic ring is 1. The maximum absolute atomic E-state index is 6.40. The summed E-state index contributed by atoms with van der Waals surface area (Å²) in [5.41, 5.74) is 11.2. The third-order valence-electron chi connectivity index (χ3n) is 5.35. The second kappa shape index (κ2) is 8.69. The van der Waals surface area contributed by atoms with Crippen LogP contribution in [0.5, 0.6) is 11.5 Å². The van der Waals surface area contributed by atoms with Gasteiger partial charge in [0.25, 0.3) is 0 Å². The van der Waals surface area contributed by atoms with E-state index in [1.54, 1.807) is 25.6 Å². The molecule has 8 heteroatoms. The minimum absolute atomic E-state index is 0.349. The summed E-state index contributed by atoms with van der Waals surface area (Å²) in [4.78, 5) is 14.6. The van der Waals surface area contributed by atoms with E-state index in [-0.39, 0.29) is 0 Å². The molecule has 6 nitrogen and oxygen atoms in total. The van der Waals surface area contributed by atoms with Crippen molar-refractivity contribution in [2.24, 2.45) is 0 Å². The summed E-state index contributed by atoms with van der Waals surface area (Å²) in [6, 6.07) is 17.5. The average Bonchev–Trinajstić information content (AvgIpc) is 3.37. The highest BCUT2D eigenvalue weighted by molar-refractivity contribution is 7.13. The number of pyridine rings is 1. The summed E-state index contributed by atoms with van der Waals surface area (Å²) in [7, 11) is 3.23. The van der Waals surface area contributed by atoms with Crippen LogP contribution >= 0.6 is 22.9 Å². The number of anilines is 1. The maximum Gasteiger partial charge on any atom is 0.165 e. The molecule has 0 unspecified atom stereocenters. The number of nitrogens with two attached hydrogens (primary N) is 1. The van der Waals surface area contributed by atoms with Gasteiger partial charge in [0.1, 0.15) is 12.1 Å². The number of ether oxygens (including phenoxy) is 2. The van der Waals surface area contributed by atoms with Gasteiger partial charge in [0, 0.05) is 16.1 Å². The lowest BCUT2D eigenvalue weighted by atomic mass is 9.90. The molecule has 0 fully saturated rings. The average molecular weight is 475 g/mol. The highest BCUT2D eigenvalue weighted by Crippen LogP contribution is 2.46. The van der Waals surface area contributed by atoms with Crippen molar-refractivity contribution in [2.75, 3.05) is 20.0 Å². The Labute approximate surface area is 199 Å². The first-order valence-corrected chi connectivity index (χ1v) is 11.3. The van der Waals surface area contributed by atoms with Crippen LogP contribution < -0.4 is 15.2 Å². The van der Waals surface area contributed by atoms with Crippen molar-refractivity contribution in [1.29, 1.82) is 0 Å². The number of hydrogen-bond acceptors (Lipinski definition) is 7. The first-order valence-electron chi connectivity index (χ1n) is 10.1. The second-order valence-corrected chi connectivity index (χ2v) is 8.61. The number of thiophene rings is 1. The number of benzene rings is 2. The number of nitrogens with zero attached hydrogens (tertiary/aromatic N) is 3. The van der Waals surface area contributed by atoms with E-state index in [1.807, 2.05) is 60.0 Å². The molecule has 2 N–H and O–H groups in total. The van der Waals surface area contributed by atoms with Crippen molar-refractivity contribution < 1.29 is 9.47 Å². The van der Waals surface area contributed by atoms with Gasteiger partial charge in [0.15, 0.2) is 17.1 Å². The molecule has 2 aromatic carbocycles. The van der Waals surface area contributed by atoms with Gasteiger partial charge < -0.3 is 15.2 Å². The monoisotopic (exact) mass is 474 g/mol. The van der Waals surface area contributed by atoms with Gasteiger partial charge in [-0.1, -0.05) is 35.9 Å². The summed E-state index contributed by atoms with van der Waals surface area (Å²) >= 11 is 8.00. The van der Waals surface area contributed by atoms with E-state index in [2.05, 4.69) is 9.97 Å². The van der Waals surface area contributed by atoms with Gasteiger partial charge in [-0.15, -0.1) is 11.3 Å². The van der Waals surface area contributed by atoms with Crippen LogP contribution in [0.4, 0.5) is 5.82 Å². The van der Waals surface area contributed by atoms with E-state index >= 15 is 0 Å². The Hall–Kier alpha value is -3.68. The zero-order valence-electron chi connectivity index (χ0n) is 17.9. The summed E-state index contributed by atoms with van der Waals surface area (Å²) < 4.78 is 11.0. The Balaban J connectivity index is 1.97. The van der Waals surface area contributed by atoms with Crippen LogP contribution in [0.3, 0.4) is 0 Å². The van der Waals surface area contributed by atoms with Crippen LogP contribution in [-0.2, 0) is 0 Å². The molecule has 0 saturated carbocycles. The van der Waals surface area contributed by atoms with Gasteiger partial charge in [-0.2, -0.15) is 0 Å². The van der Waals surface area contributed by atoms with Gasteiger partial charge >= 0.3 is 0 Å². The largest absolute Gasteiger partial charge is 0.493 e. The second-order valence-electron chi connectivity index (χ2n) is 7.23. The molecule has 0 atom stereocenters. The molecule has 33 heavy (non-hydrogen) atoms. The standard InChI is InChI=1S/C25H19ClN4O2S/c1-31-17-9-8-15(12-18(17)32-2)21-20(14-5-3-6-16(26)11-14)22-24(27)28-13-29-25(22)30-23(21)19-7-4-10-33-19/h3-13H,1-2H3,(H2,27,28,29,30). The number of hydrogen-bond donors (Lipinski definition) is 1. The molecular formula is C25H19ClN4O2S. The quantitative estimate of drug-likeness (QED) is 0.320. The molecule has 5 aromatic rings. The van der Waals surface area contributed by atoms with Crippen LogP contribution in [0.1, 0.15) is 0 Å². The molecule has 0 radical (unpaired) electrons. The van der Waals surface area contributed by atoms with Crippen LogP contribution in [0.15, 0.2) is 66.3 Å². The van der Waals surface area contributed by atoms with E-state index in [9.17, 15) is 0 Å². The number of rotatable bonds is 5. The molecule has 0 aliphatic heterocycles. The zero-order chi connectivity index (χ0) is 22.9. The van der Waals surface area contributed by atoms with Crippen molar-refractivity contribution in [3.63, 3.8) is 0 Å². The van der Waals surface area contributed by atoms with E-state index < -0.39 is 0 Å². The van der Waals surface area contributed by atoms with E-state index in [0.717, 1.165) is 32.8 Å². The van der Waals surface area contributed by atoms with Crippen LogP contribution in [0.2, 0.25) is 5.02 Å². The fourth-order valence-electron chi connectivity index (χ4n) is 3.92. The highest BCUT2D eigenvalue weighted by atomic mass is 35.5. The van der Waals surface area contributed by atoms with Crippen molar-refractivity contribution in [3.05, 3.63) is 71.3 Å². The molecule has 0 bridgehead atoms. The molecule has 3 aromatic heterocycles. The van der Waals surface area contributed by atoms with E-state index in [4.69, 9.17) is 31.8 Å². The number of aromatic nitrogens is 3. The first-order chi connectivity index (χ1) is 16.1. The van der Waals surface area contributed by atoms with Crippen LogP contribution in [0.25, 0.3) is 43.9 Å². The molecule has 0 aliphatic carbocycles. The first kappa shape index (κ1) is 21.2. The van der Waals surface area contributed by atoms with Crippen molar-refractivity contribution in [3.8, 4) is 44.3 Å². The Morgan fingerprint density at radius 1 is 0.879 bits per heavy atom. The lowest BCUT2D eigenvalue weighted by Crippen LogP contribution is -2.02. The predicted octanol–water partition coefficient (Wildman–Crippen LogP) is 6.34. The normalized spacial score (nSPS) is 11.0. The third-order valence-corrected chi connectivity index (χ3v) is 6.46. The summed E-state index contributed by atoms with van der Waals surface area (Å²) in [6.45, 7) is 0. The molecular weight excluding hydrogens is 456 g/mol. The molecule has 0 aliphatic rings. The van der Waals surface area contributed by atoms with Crippen molar-refractivity contribution in [1.82, 2.24) is 15.0 Å². The van der Waals surface area contributed by atoms with E-state index in [0.29, 0.717) is 33.4 Å². The molecule has 5 rings (SSSR count). The van der Waals surface area contributed by atoms with Crippen molar-refractivity contribution >= 4 is 39.8 Å². The van der Waals surface area contributed by atoms with Gasteiger partial charge in [0.2, 0.25) is 0 Å². The minimum Gasteiger partial charge on any atom is -0.493 e. The number of halogens is 1. The van der Waals surface area contributed by atoms with Gasteiger partial charge in [0.05, 0.1) is 30.2 Å².